The molecule has 102 valence electrons. The van der Waals surface area contributed by atoms with Crippen LogP contribution < -0.4 is 0 Å². The Morgan fingerprint density at radius 2 is 1.85 bits per heavy atom. The Kier molecular flexibility index (Phi) is 2.14. The predicted molar refractivity (Wildman–Crippen MR) is 70.9 cm³/mol. The molecule has 20 heavy (non-hydrogen) atoms. The van der Waals surface area contributed by atoms with Crippen LogP contribution in [-0.2, 0) is 9.59 Å². The van der Waals surface area contributed by atoms with E-state index in [1.54, 1.807) is 6.07 Å². The van der Waals surface area contributed by atoms with Gasteiger partial charge in [-0.05, 0) is 5.56 Å². The number of hydrogen-bond acceptors (Lipinski definition) is 5. The van der Waals surface area contributed by atoms with E-state index in [0.717, 1.165) is 5.56 Å². The lowest BCUT2D eigenvalue weighted by Gasteiger charge is -2.21. The van der Waals surface area contributed by atoms with Gasteiger partial charge in [-0.3, -0.25) is 24.6 Å². The summed E-state index contributed by atoms with van der Waals surface area (Å²) in [6, 6.07) is 4.96. The number of carbonyl (C=O) groups excluding carboxylic acids is 2. The fourth-order valence-electron chi connectivity index (χ4n) is 3.63. The first-order valence-corrected chi connectivity index (χ1v) is 7.20. The average Bonchev–Trinajstić information content (AvgIpc) is 3.05. The van der Waals surface area contributed by atoms with E-state index in [1.165, 1.54) is 29.8 Å². The molecular formula is C13H10N2O4S. The number of nitro benzene ring substituents is 1. The molecule has 3 heterocycles. The third kappa shape index (κ3) is 1.17. The Morgan fingerprint density at radius 1 is 1.20 bits per heavy atom. The van der Waals surface area contributed by atoms with Gasteiger partial charge >= 0.3 is 0 Å². The summed E-state index contributed by atoms with van der Waals surface area (Å²) in [5.41, 5.74) is 1.56. The molecule has 2 bridgehead atoms. The van der Waals surface area contributed by atoms with Gasteiger partial charge in [0.2, 0.25) is 11.8 Å². The van der Waals surface area contributed by atoms with E-state index < -0.39 is 10.8 Å². The first kappa shape index (κ1) is 11.9. The Labute approximate surface area is 118 Å². The van der Waals surface area contributed by atoms with Crippen molar-refractivity contribution >= 4 is 29.3 Å². The predicted octanol–water partition coefficient (Wildman–Crippen LogP) is 1.67. The lowest BCUT2D eigenvalue weighted by molar-refractivity contribution is -0.385. The summed E-state index contributed by atoms with van der Waals surface area (Å²) in [6.45, 7) is 0. The highest BCUT2D eigenvalue weighted by Gasteiger charge is 2.64. The monoisotopic (exact) mass is 290 g/mol. The van der Waals surface area contributed by atoms with Gasteiger partial charge in [-0.15, -0.1) is 11.8 Å². The summed E-state index contributed by atoms with van der Waals surface area (Å²) in [5.74, 6) is -1.14. The standard InChI is InChI=1S/C13H10N2O4S/c1-14-12(16)8-9(13(14)17)11-7-5(10(8)20-11)3-2-4-6(7)15(18)19/h2-4,8-11H,1H3/t8-,9+,10+,11-/m1/s1. The smallest absolute Gasteiger partial charge is 0.274 e. The van der Waals surface area contributed by atoms with Gasteiger partial charge in [0.15, 0.2) is 0 Å². The molecule has 4 rings (SSSR count). The number of rotatable bonds is 1. The number of carbonyl (C=O) groups is 2. The highest BCUT2D eigenvalue weighted by atomic mass is 32.2. The van der Waals surface area contributed by atoms with Crippen molar-refractivity contribution in [1.82, 2.24) is 4.90 Å². The fourth-order valence-corrected chi connectivity index (χ4v) is 5.60. The molecule has 1 aromatic rings. The van der Waals surface area contributed by atoms with Gasteiger partial charge in [-0.2, -0.15) is 0 Å². The third-order valence-corrected chi connectivity index (χ3v) is 6.13. The summed E-state index contributed by atoms with van der Waals surface area (Å²) in [5, 5.41) is 10.8. The van der Waals surface area contributed by atoms with E-state index in [4.69, 9.17) is 0 Å². The first-order valence-electron chi connectivity index (χ1n) is 6.26. The SMILES string of the molecule is CN1C(=O)[C@@H]2[C@H](C1=O)[C@@H]1S[C@H]2c2cccc([N+](=O)[O-])c21. The van der Waals surface area contributed by atoms with Crippen LogP contribution in [0.2, 0.25) is 0 Å². The molecule has 0 aromatic heterocycles. The van der Waals surface area contributed by atoms with Gasteiger partial charge in [0, 0.05) is 29.2 Å². The number of amides is 2. The number of thioether (sulfide) groups is 1. The second-order valence-electron chi connectivity index (χ2n) is 5.30. The Bertz CT molecular complexity index is 689. The van der Waals surface area contributed by atoms with E-state index >= 15 is 0 Å². The highest BCUT2D eigenvalue weighted by molar-refractivity contribution is 8.00. The maximum atomic E-state index is 12.2. The largest absolute Gasteiger partial charge is 0.285 e. The maximum Gasteiger partial charge on any atom is 0.274 e. The lowest BCUT2D eigenvalue weighted by Crippen LogP contribution is -2.27. The molecule has 0 unspecified atom stereocenters. The molecule has 0 radical (unpaired) electrons. The summed E-state index contributed by atoms with van der Waals surface area (Å²) in [6.07, 6.45) is 0. The quantitative estimate of drug-likeness (QED) is 0.446. The van der Waals surface area contributed by atoms with Crippen LogP contribution in [0, 0.1) is 22.0 Å². The minimum Gasteiger partial charge on any atom is -0.285 e. The number of nitro groups is 1. The van der Waals surface area contributed by atoms with Crippen LogP contribution in [-0.4, -0.2) is 28.7 Å². The summed E-state index contributed by atoms with van der Waals surface area (Å²) >= 11 is 1.52. The average molecular weight is 290 g/mol. The summed E-state index contributed by atoms with van der Waals surface area (Å²) < 4.78 is 0. The lowest BCUT2D eigenvalue weighted by atomic mass is 9.77. The number of nitrogens with zero attached hydrogens (tertiary/aromatic N) is 2. The molecule has 2 amide bonds. The number of likely N-dealkylation sites (tertiary alicyclic amines) is 1. The van der Waals surface area contributed by atoms with Gasteiger partial charge in [-0.1, -0.05) is 12.1 Å². The zero-order chi connectivity index (χ0) is 14.2. The van der Waals surface area contributed by atoms with Crippen LogP contribution in [0.3, 0.4) is 0 Å². The van der Waals surface area contributed by atoms with E-state index in [9.17, 15) is 19.7 Å². The first-order chi connectivity index (χ1) is 9.52. The van der Waals surface area contributed by atoms with Crippen LogP contribution in [0.4, 0.5) is 5.69 Å². The molecule has 3 aliphatic rings. The number of fused-ring (bicyclic) bond motifs is 8. The molecule has 0 N–H and O–H groups in total. The molecule has 2 saturated heterocycles. The number of imide groups is 1. The Hall–Kier alpha value is -1.89. The van der Waals surface area contributed by atoms with Gasteiger partial charge in [0.25, 0.3) is 5.69 Å². The van der Waals surface area contributed by atoms with Crippen molar-refractivity contribution in [3.63, 3.8) is 0 Å². The van der Waals surface area contributed by atoms with Crippen molar-refractivity contribution in [2.24, 2.45) is 11.8 Å². The van der Waals surface area contributed by atoms with Gasteiger partial charge < -0.3 is 0 Å². The third-order valence-electron chi connectivity index (χ3n) is 4.47. The zero-order valence-electron chi connectivity index (χ0n) is 10.5. The number of benzene rings is 1. The van der Waals surface area contributed by atoms with Crippen molar-refractivity contribution < 1.29 is 14.5 Å². The van der Waals surface area contributed by atoms with Crippen molar-refractivity contribution in [2.45, 2.75) is 10.5 Å². The molecule has 3 aliphatic heterocycles. The minimum atomic E-state index is -0.434. The van der Waals surface area contributed by atoms with Crippen LogP contribution in [0.15, 0.2) is 18.2 Å². The fraction of sp³-hybridized carbons (Fsp3) is 0.385. The van der Waals surface area contributed by atoms with Crippen molar-refractivity contribution in [1.29, 1.82) is 0 Å². The second-order valence-corrected chi connectivity index (χ2v) is 6.59. The molecule has 0 spiro atoms. The molecule has 7 heteroatoms. The molecular weight excluding hydrogens is 280 g/mol. The van der Waals surface area contributed by atoms with Gasteiger partial charge in [-0.25, -0.2) is 0 Å². The zero-order valence-corrected chi connectivity index (χ0v) is 11.3. The molecule has 2 fully saturated rings. The van der Waals surface area contributed by atoms with Crippen LogP contribution in [0.25, 0.3) is 0 Å². The molecule has 0 saturated carbocycles. The van der Waals surface area contributed by atoms with E-state index in [-0.39, 0.29) is 33.9 Å². The van der Waals surface area contributed by atoms with E-state index in [2.05, 4.69) is 0 Å². The minimum absolute atomic E-state index is 0.0655. The van der Waals surface area contributed by atoms with Crippen molar-refractivity contribution in [3.05, 3.63) is 39.4 Å². The van der Waals surface area contributed by atoms with E-state index in [1.807, 2.05) is 6.07 Å². The maximum absolute atomic E-state index is 12.2. The molecule has 6 nitrogen and oxygen atoms in total. The molecule has 1 aromatic carbocycles. The normalized spacial score (nSPS) is 33.5. The number of hydrogen-bond donors (Lipinski definition) is 0. The van der Waals surface area contributed by atoms with E-state index in [0.29, 0.717) is 5.56 Å². The second kappa shape index (κ2) is 3.60. The van der Waals surface area contributed by atoms with Crippen molar-refractivity contribution in [3.8, 4) is 0 Å². The van der Waals surface area contributed by atoms with Crippen LogP contribution in [0.5, 0.6) is 0 Å². The Morgan fingerprint density at radius 3 is 2.50 bits per heavy atom. The van der Waals surface area contributed by atoms with Crippen LogP contribution >= 0.6 is 11.8 Å². The topological polar surface area (TPSA) is 80.5 Å². The summed E-state index contributed by atoms with van der Waals surface area (Å²) in [7, 11) is 1.49. The highest BCUT2D eigenvalue weighted by Crippen LogP contribution is 2.69. The summed E-state index contributed by atoms with van der Waals surface area (Å²) in [4.78, 5) is 36.3. The Balaban J connectivity index is 1.92. The molecule has 0 aliphatic carbocycles. The van der Waals surface area contributed by atoms with Gasteiger partial charge in [0.05, 0.1) is 16.8 Å². The van der Waals surface area contributed by atoms with Crippen LogP contribution in [0.1, 0.15) is 21.6 Å². The van der Waals surface area contributed by atoms with Crippen molar-refractivity contribution in [2.75, 3.05) is 7.05 Å². The molecule has 4 atom stereocenters. The van der Waals surface area contributed by atoms with Gasteiger partial charge in [0.1, 0.15) is 0 Å².